The molecule has 3 heterocycles. The van der Waals surface area contributed by atoms with E-state index in [4.69, 9.17) is 0 Å². The third-order valence-electron chi connectivity index (χ3n) is 2.75. The Bertz CT molecular complexity index is 478. The van der Waals surface area contributed by atoms with Crippen molar-refractivity contribution in [1.82, 2.24) is 20.3 Å². The van der Waals surface area contributed by atoms with Gasteiger partial charge in [0.1, 0.15) is 0 Å². The first-order chi connectivity index (χ1) is 8.42. The van der Waals surface area contributed by atoms with Crippen molar-refractivity contribution in [3.05, 3.63) is 29.5 Å². The third-order valence-corrected chi connectivity index (χ3v) is 3.43. The van der Waals surface area contributed by atoms with Gasteiger partial charge in [0.05, 0.1) is 5.69 Å². The maximum atomic E-state index is 4.51. The number of nitrogens with zero attached hydrogens (tertiary/aromatic N) is 3. The van der Waals surface area contributed by atoms with E-state index in [1.807, 2.05) is 11.4 Å². The van der Waals surface area contributed by atoms with Gasteiger partial charge in [0.2, 0.25) is 5.95 Å². The van der Waals surface area contributed by atoms with Crippen LogP contribution in [0.3, 0.4) is 0 Å². The fourth-order valence-corrected chi connectivity index (χ4v) is 2.47. The van der Waals surface area contributed by atoms with Gasteiger partial charge in [-0.3, -0.25) is 0 Å². The lowest BCUT2D eigenvalue weighted by atomic mass is 10.1. The molecule has 0 radical (unpaired) electrons. The summed E-state index contributed by atoms with van der Waals surface area (Å²) < 4.78 is 0. The first-order valence-electron chi connectivity index (χ1n) is 5.65. The molecule has 5 nitrogen and oxygen atoms in total. The van der Waals surface area contributed by atoms with Crippen LogP contribution in [0.4, 0.5) is 11.1 Å². The molecule has 1 aliphatic heterocycles. The van der Waals surface area contributed by atoms with Crippen molar-refractivity contribution in [2.45, 2.75) is 18.9 Å². The van der Waals surface area contributed by atoms with E-state index in [0.717, 1.165) is 23.8 Å². The molecular formula is C11H13N5S. The summed E-state index contributed by atoms with van der Waals surface area (Å²) in [7, 11) is 0. The smallest absolute Gasteiger partial charge is 0.229 e. The summed E-state index contributed by atoms with van der Waals surface area (Å²) in [4.78, 5) is 12.9. The fraction of sp³-hybridized carbons (Fsp3) is 0.364. The maximum Gasteiger partial charge on any atom is 0.229 e. The van der Waals surface area contributed by atoms with Crippen LogP contribution in [-0.2, 0) is 0 Å². The van der Waals surface area contributed by atoms with Crippen LogP contribution in [0.2, 0.25) is 0 Å². The molecule has 1 fully saturated rings. The first kappa shape index (κ1) is 10.6. The molecule has 1 saturated heterocycles. The van der Waals surface area contributed by atoms with Crippen LogP contribution >= 0.6 is 11.3 Å². The Morgan fingerprint density at radius 1 is 1.35 bits per heavy atom. The second kappa shape index (κ2) is 4.77. The Labute approximate surface area is 103 Å². The van der Waals surface area contributed by atoms with Crippen molar-refractivity contribution < 1.29 is 0 Å². The van der Waals surface area contributed by atoms with E-state index in [9.17, 15) is 0 Å². The van der Waals surface area contributed by atoms with Crippen LogP contribution < -0.4 is 10.6 Å². The minimum absolute atomic E-state index is 0.370. The molecule has 0 spiro atoms. The van der Waals surface area contributed by atoms with E-state index in [1.165, 1.54) is 17.8 Å². The molecule has 1 unspecified atom stereocenters. The van der Waals surface area contributed by atoms with E-state index in [2.05, 4.69) is 25.6 Å². The highest BCUT2D eigenvalue weighted by Gasteiger charge is 2.17. The average molecular weight is 247 g/mol. The van der Waals surface area contributed by atoms with Crippen molar-refractivity contribution in [3.8, 4) is 0 Å². The van der Waals surface area contributed by atoms with Crippen LogP contribution in [0.5, 0.6) is 0 Å². The van der Waals surface area contributed by atoms with Gasteiger partial charge < -0.3 is 10.6 Å². The van der Waals surface area contributed by atoms with Gasteiger partial charge in [-0.2, -0.15) is 0 Å². The van der Waals surface area contributed by atoms with Crippen molar-refractivity contribution in [1.29, 1.82) is 0 Å². The van der Waals surface area contributed by atoms with Gasteiger partial charge >= 0.3 is 0 Å². The molecule has 6 heteroatoms. The van der Waals surface area contributed by atoms with Gasteiger partial charge in [0.15, 0.2) is 5.13 Å². The summed E-state index contributed by atoms with van der Waals surface area (Å²) in [5, 5.41) is 9.28. The molecule has 17 heavy (non-hydrogen) atoms. The largest absolute Gasteiger partial charge is 0.309 e. The van der Waals surface area contributed by atoms with Crippen LogP contribution in [0.1, 0.15) is 24.6 Å². The van der Waals surface area contributed by atoms with E-state index in [-0.39, 0.29) is 0 Å². The van der Waals surface area contributed by atoms with Crippen LogP contribution in [0.15, 0.2) is 23.8 Å². The monoisotopic (exact) mass is 247 g/mol. The third kappa shape index (κ3) is 2.42. The number of thiazole rings is 1. The Kier molecular flexibility index (Phi) is 2.98. The van der Waals surface area contributed by atoms with Crippen LogP contribution in [0, 0.1) is 0 Å². The van der Waals surface area contributed by atoms with Crippen molar-refractivity contribution in [2.75, 3.05) is 11.9 Å². The lowest BCUT2D eigenvalue weighted by molar-refractivity contribution is 0.627. The van der Waals surface area contributed by atoms with E-state index in [0.29, 0.717) is 12.0 Å². The van der Waals surface area contributed by atoms with Crippen LogP contribution in [-0.4, -0.2) is 21.5 Å². The molecule has 0 aliphatic carbocycles. The number of hydrogen-bond acceptors (Lipinski definition) is 6. The van der Waals surface area contributed by atoms with E-state index >= 15 is 0 Å². The molecule has 0 amide bonds. The minimum Gasteiger partial charge on any atom is -0.309 e. The number of hydrogen-bond donors (Lipinski definition) is 2. The van der Waals surface area contributed by atoms with Gasteiger partial charge in [-0.1, -0.05) is 0 Å². The highest BCUT2D eigenvalue weighted by molar-refractivity contribution is 7.13. The summed E-state index contributed by atoms with van der Waals surface area (Å²) in [6.45, 7) is 1.07. The number of nitrogens with one attached hydrogen (secondary N) is 2. The lowest BCUT2D eigenvalue weighted by Crippen LogP contribution is -2.15. The zero-order valence-electron chi connectivity index (χ0n) is 9.26. The zero-order valence-corrected chi connectivity index (χ0v) is 10.1. The molecule has 88 valence electrons. The lowest BCUT2D eigenvalue weighted by Gasteiger charge is -2.10. The van der Waals surface area contributed by atoms with Gasteiger partial charge in [-0.15, -0.1) is 11.3 Å². The summed E-state index contributed by atoms with van der Waals surface area (Å²) in [6.07, 6.45) is 5.91. The minimum atomic E-state index is 0.370. The number of anilines is 2. The molecule has 2 aromatic heterocycles. The Morgan fingerprint density at radius 2 is 2.35 bits per heavy atom. The predicted octanol–water partition coefficient (Wildman–Crippen LogP) is 2.10. The quantitative estimate of drug-likeness (QED) is 0.869. The van der Waals surface area contributed by atoms with Gasteiger partial charge in [0, 0.05) is 23.8 Å². The van der Waals surface area contributed by atoms with Crippen molar-refractivity contribution in [2.24, 2.45) is 0 Å². The first-order valence-corrected chi connectivity index (χ1v) is 6.52. The molecule has 2 N–H and O–H groups in total. The average Bonchev–Trinajstić information content (AvgIpc) is 3.01. The Hall–Kier alpha value is -1.53. The van der Waals surface area contributed by atoms with E-state index in [1.54, 1.807) is 12.4 Å². The molecule has 1 aliphatic rings. The highest BCUT2D eigenvalue weighted by Crippen LogP contribution is 2.22. The SMILES string of the molecule is c1cc(C2CCCN2)nc(Nc2nccs2)n1. The topological polar surface area (TPSA) is 62.7 Å². The van der Waals surface area contributed by atoms with Crippen molar-refractivity contribution in [3.63, 3.8) is 0 Å². The van der Waals surface area contributed by atoms with Crippen LogP contribution in [0.25, 0.3) is 0 Å². The van der Waals surface area contributed by atoms with Crippen molar-refractivity contribution >= 4 is 22.4 Å². The normalized spacial score (nSPS) is 19.4. The molecule has 0 saturated carbocycles. The van der Waals surface area contributed by atoms with Gasteiger partial charge in [-0.05, 0) is 25.5 Å². The van der Waals surface area contributed by atoms with Gasteiger partial charge in [-0.25, -0.2) is 15.0 Å². The molecule has 3 rings (SSSR count). The molecule has 0 aromatic carbocycles. The number of aromatic nitrogens is 3. The molecular weight excluding hydrogens is 234 g/mol. The summed E-state index contributed by atoms with van der Waals surface area (Å²) in [5.41, 5.74) is 1.05. The standard InChI is InChI=1S/C11H13N5S/c1-2-8(12-4-1)9-3-5-13-10(15-9)16-11-14-6-7-17-11/h3,5-8,12H,1-2,4H2,(H,13,14,15,16). The van der Waals surface area contributed by atoms with Gasteiger partial charge in [0.25, 0.3) is 0 Å². The number of rotatable bonds is 3. The maximum absolute atomic E-state index is 4.51. The summed E-state index contributed by atoms with van der Waals surface area (Å²) in [6, 6.07) is 2.34. The summed E-state index contributed by atoms with van der Waals surface area (Å²) >= 11 is 1.54. The predicted molar refractivity (Wildman–Crippen MR) is 67.4 cm³/mol. The Balaban J connectivity index is 1.78. The highest BCUT2D eigenvalue weighted by atomic mass is 32.1. The zero-order chi connectivity index (χ0) is 11.5. The summed E-state index contributed by atoms with van der Waals surface area (Å²) in [5.74, 6) is 0.617. The molecule has 0 bridgehead atoms. The molecule has 2 aromatic rings. The fourth-order valence-electron chi connectivity index (χ4n) is 1.94. The second-order valence-corrected chi connectivity index (χ2v) is 4.81. The Morgan fingerprint density at radius 3 is 3.12 bits per heavy atom. The van der Waals surface area contributed by atoms with E-state index < -0.39 is 0 Å². The molecule has 1 atom stereocenters. The second-order valence-electron chi connectivity index (χ2n) is 3.92.